The van der Waals surface area contributed by atoms with Crippen LogP contribution >= 0.6 is 0 Å². The first-order chi connectivity index (χ1) is 9.97. The van der Waals surface area contributed by atoms with E-state index in [1.807, 2.05) is 13.8 Å². The molecule has 21 heavy (non-hydrogen) atoms. The molecule has 1 aromatic carbocycles. The lowest BCUT2D eigenvalue weighted by Crippen LogP contribution is -2.13. The van der Waals surface area contributed by atoms with Gasteiger partial charge in [0.05, 0.1) is 5.56 Å². The average molecular weight is 288 g/mol. The number of halogens is 1. The summed E-state index contributed by atoms with van der Waals surface area (Å²) in [7, 11) is 0. The molecule has 0 radical (unpaired) electrons. The lowest BCUT2D eigenvalue weighted by Gasteiger charge is -2.08. The standard InChI is InChI=1S/C17H21FN2O/c1-4-5-9-20-11(2)15(16(12(20)3)17(19)21)13-7-6-8-14(18)10-13/h6-8,10H,4-5,9H2,1-3H3,(H2,19,21). The molecular weight excluding hydrogens is 267 g/mol. The first-order valence-electron chi connectivity index (χ1n) is 7.22. The molecule has 2 N–H and O–H groups in total. The molecule has 3 nitrogen and oxygen atoms in total. The minimum atomic E-state index is -0.467. The quantitative estimate of drug-likeness (QED) is 0.893. The number of hydrogen-bond donors (Lipinski definition) is 1. The molecule has 0 bridgehead atoms. The number of carbonyl (C=O) groups excluding carboxylic acids is 1. The first kappa shape index (κ1) is 15.3. The second-order valence-electron chi connectivity index (χ2n) is 5.30. The second-order valence-corrected chi connectivity index (χ2v) is 5.30. The van der Waals surface area contributed by atoms with Crippen molar-refractivity contribution < 1.29 is 9.18 Å². The van der Waals surface area contributed by atoms with E-state index in [0.717, 1.165) is 36.3 Å². The van der Waals surface area contributed by atoms with Crippen LogP contribution in [0.4, 0.5) is 4.39 Å². The van der Waals surface area contributed by atoms with Gasteiger partial charge in [-0.25, -0.2) is 4.39 Å². The van der Waals surface area contributed by atoms with Crippen LogP contribution in [0.5, 0.6) is 0 Å². The van der Waals surface area contributed by atoms with Crippen LogP contribution in [0.1, 0.15) is 41.5 Å². The predicted octanol–water partition coefficient (Wildman–Crippen LogP) is 3.81. The molecule has 0 aliphatic carbocycles. The summed E-state index contributed by atoms with van der Waals surface area (Å²) in [5, 5.41) is 0. The number of amides is 1. The van der Waals surface area contributed by atoms with Gasteiger partial charge in [-0.1, -0.05) is 25.5 Å². The zero-order valence-electron chi connectivity index (χ0n) is 12.7. The number of hydrogen-bond acceptors (Lipinski definition) is 1. The van der Waals surface area contributed by atoms with E-state index in [0.29, 0.717) is 11.1 Å². The Hall–Kier alpha value is -2.10. The van der Waals surface area contributed by atoms with Gasteiger partial charge in [-0.3, -0.25) is 4.79 Å². The maximum atomic E-state index is 13.5. The maximum absolute atomic E-state index is 13.5. The van der Waals surface area contributed by atoms with Crippen LogP contribution in [0.3, 0.4) is 0 Å². The molecule has 0 fully saturated rings. The van der Waals surface area contributed by atoms with Crippen molar-refractivity contribution in [2.75, 3.05) is 0 Å². The second kappa shape index (κ2) is 6.12. The van der Waals surface area contributed by atoms with Crippen LogP contribution in [0.25, 0.3) is 11.1 Å². The van der Waals surface area contributed by atoms with Crippen molar-refractivity contribution in [3.63, 3.8) is 0 Å². The summed E-state index contributed by atoms with van der Waals surface area (Å²) < 4.78 is 15.6. The van der Waals surface area contributed by atoms with Crippen LogP contribution in [0.15, 0.2) is 24.3 Å². The summed E-state index contributed by atoms with van der Waals surface area (Å²) in [6.07, 6.45) is 2.09. The average Bonchev–Trinajstić information content (AvgIpc) is 2.68. The Morgan fingerprint density at radius 2 is 2.00 bits per heavy atom. The molecule has 0 saturated carbocycles. The highest BCUT2D eigenvalue weighted by molar-refractivity contribution is 6.02. The van der Waals surface area contributed by atoms with Crippen molar-refractivity contribution >= 4 is 5.91 Å². The SMILES string of the molecule is CCCCn1c(C)c(C(N)=O)c(-c2cccc(F)c2)c1C. The molecule has 0 unspecified atom stereocenters. The van der Waals surface area contributed by atoms with Gasteiger partial charge in [0.25, 0.3) is 5.91 Å². The maximum Gasteiger partial charge on any atom is 0.251 e. The number of unbranched alkanes of at least 4 members (excludes halogenated alkanes) is 1. The van der Waals surface area contributed by atoms with Gasteiger partial charge in [0.15, 0.2) is 0 Å². The molecule has 0 saturated heterocycles. The minimum absolute atomic E-state index is 0.318. The molecule has 1 aromatic heterocycles. The highest BCUT2D eigenvalue weighted by Gasteiger charge is 2.22. The van der Waals surface area contributed by atoms with Gasteiger partial charge in [-0.05, 0) is 38.0 Å². The highest BCUT2D eigenvalue weighted by Crippen LogP contribution is 2.32. The molecule has 0 aliphatic rings. The zero-order valence-corrected chi connectivity index (χ0v) is 12.7. The van der Waals surface area contributed by atoms with Crippen molar-refractivity contribution in [3.8, 4) is 11.1 Å². The Morgan fingerprint density at radius 3 is 2.57 bits per heavy atom. The summed E-state index contributed by atoms with van der Waals surface area (Å²) in [5.74, 6) is -0.786. The number of aromatic nitrogens is 1. The van der Waals surface area contributed by atoms with E-state index in [1.54, 1.807) is 12.1 Å². The number of primary amides is 1. The first-order valence-corrected chi connectivity index (χ1v) is 7.22. The van der Waals surface area contributed by atoms with E-state index in [-0.39, 0.29) is 5.82 Å². The van der Waals surface area contributed by atoms with Gasteiger partial charge >= 0.3 is 0 Å². The molecule has 0 spiro atoms. The predicted molar refractivity (Wildman–Crippen MR) is 82.7 cm³/mol. The third kappa shape index (κ3) is 2.84. The summed E-state index contributed by atoms with van der Waals surface area (Å²) in [6, 6.07) is 6.29. The van der Waals surface area contributed by atoms with Crippen LogP contribution in [-0.4, -0.2) is 10.5 Å². The number of nitrogens with two attached hydrogens (primary N) is 1. The largest absolute Gasteiger partial charge is 0.366 e. The third-order valence-electron chi connectivity index (χ3n) is 3.88. The van der Waals surface area contributed by atoms with E-state index in [9.17, 15) is 9.18 Å². The Kier molecular flexibility index (Phi) is 4.46. The summed E-state index contributed by atoms with van der Waals surface area (Å²) in [6.45, 7) is 6.81. The zero-order chi connectivity index (χ0) is 15.6. The van der Waals surface area contributed by atoms with Gasteiger partial charge in [0.1, 0.15) is 5.82 Å². The minimum Gasteiger partial charge on any atom is -0.366 e. The Labute approximate surface area is 124 Å². The van der Waals surface area contributed by atoms with Gasteiger partial charge < -0.3 is 10.3 Å². The Morgan fingerprint density at radius 1 is 1.29 bits per heavy atom. The molecule has 112 valence electrons. The van der Waals surface area contributed by atoms with E-state index in [2.05, 4.69) is 11.5 Å². The molecule has 0 aliphatic heterocycles. The van der Waals surface area contributed by atoms with Gasteiger partial charge in [-0.2, -0.15) is 0 Å². The van der Waals surface area contributed by atoms with Gasteiger partial charge in [0.2, 0.25) is 0 Å². The van der Waals surface area contributed by atoms with Crippen LogP contribution < -0.4 is 5.73 Å². The highest BCUT2D eigenvalue weighted by atomic mass is 19.1. The summed E-state index contributed by atoms with van der Waals surface area (Å²) in [5.41, 5.74) is 9.30. The van der Waals surface area contributed by atoms with Crippen LogP contribution in [0.2, 0.25) is 0 Å². The smallest absolute Gasteiger partial charge is 0.251 e. The topological polar surface area (TPSA) is 48.0 Å². The lowest BCUT2D eigenvalue weighted by molar-refractivity contribution is 0.1000. The van der Waals surface area contributed by atoms with E-state index < -0.39 is 5.91 Å². The fraction of sp³-hybridized carbons (Fsp3) is 0.353. The van der Waals surface area contributed by atoms with Crippen molar-refractivity contribution in [1.82, 2.24) is 4.57 Å². The third-order valence-corrected chi connectivity index (χ3v) is 3.88. The van der Waals surface area contributed by atoms with Crippen molar-refractivity contribution in [1.29, 1.82) is 0 Å². The monoisotopic (exact) mass is 288 g/mol. The van der Waals surface area contributed by atoms with E-state index in [1.165, 1.54) is 12.1 Å². The molecule has 2 aromatic rings. The molecule has 1 heterocycles. The van der Waals surface area contributed by atoms with E-state index >= 15 is 0 Å². The number of benzene rings is 1. The normalized spacial score (nSPS) is 10.9. The number of carbonyl (C=O) groups is 1. The van der Waals surface area contributed by atoms with Crippen LogP contribution in [0, 0.1) is 19.7 Å². The Balaban J connectivity index is 2.66. The molecule has 1 amide bonds. The number of nitrogens with zero attached hydrogens (tertiary/aromatic N) is 1. The van der Waals surface area contributed by atoms with E-state index in [4.69, 9.17) is 5.73 Å². The summed E-state index contributed by atoms with van der Waals surface area (Å²) in [4.78, 5) is 11.9. The lowest BCUT2D eigenvalue weighted by atomic mass is 10.00. The Bertz CT molecular complexity index is 674. The van der Waals surface area contributed by atoms with Gasteiger partial charge in [-0.15, -0.1) is 0 Å². The molecule has 4 heteroatoms. The molecule has 2 rings (SSSR count). The molecule has 0 atom stereocenters. The van der Waals surface area contributed by atoms with Crippen molar-refractivity contribution in [2.45, 2.75) is 40.2 Å². The number of rotatable bonds is 5. The summed E-state index contributed by atoms with van der Waals surface area (Å²) >= 11 is 0. The van der Waals surface area contributed by atoms with Crippen molar-refractivity contribution in [3.05, 3.63) is 47.0 Å². The van der Waals surface area contributed by atoms with Crippen molar-refractivity contribution in [2.24, 2.45) is 5.73 Å². The van der Waals surface area contributed by atoms with Gasteiger partial charge in [0, 0.05) is 23.5 Å². The van der Waals surface area contributed by atoms with Crippen LogP contribution in [-0.2, 0) is 6.54 Å². The molecular formula is C17H21FN2O. The fourth-order valence-electron chi connectivity index (χ4n) is 2.83. The fourth-order valence-corrected chi connectivity index (χ4v) is 2.83.